The van der Waals surface area contributed by atoms with Crippen LogP contribution in [-0.2, 0) is 19.0 Å². The second-order valence-electron chi connectivity index (χ2n) is 12.9. The largest absolute Gasteiger partial charge is 0.469 e. The molecule has 8 heteroatoms. The fourth-order valence-corrected chi connectivity index (χ4v) is 7.26. The van der Waals surface area contributed by atoms with E-state index in [0.29, 0.717) is 43.7 Å². The maximum Gasteiger partial charge on any atom is 0.305 e. The zero-order chi connectivity index (χ0) is 29.9. The van der Waals surface area contributed by atoms with Gasteiger partial charge in [-0.2, -0.15) is 0 Å². The van der Waals surface area contributed by atoms with Gasteiger partial charge < -0.3 is 30.2 Å². The molecule has 1 saturated heterocycles. The number of likely N-dealkylation sites (tertiary alicyclic amines) is 1. The van der Waals surface area contributed by atoms with Crippen LogP contribution in [0, 0.1) is 17.8 Å². The van der Waals surface area contributed by atoms with Gasteiger partial charge in [-0.25, -0.2) is 4.39 Å². The summed E-state index contributed by atoms with van der Waals surface area (Å²) < 4.78 is 30.2. The normalized spacial score (nSPS) is 28.2. The number of carbonyl (C=O) groups excluding carboxylic acids is 1. The fourth-order valence-electron chi connectivity index (χ4n) is 7.26. The first-order chi connectivity index (χ1) is 20.4. The monoisotopic (exact) mass is 589 g/mol. The number of piperidine rings is 1. The first-order valence-corrected chi connectivity index (χ1v) is 16.6. The lowest BCUT2D eigenvalue weighted by atomic mass is 9.72. The van der Waals surface area contributed by atoms with Gasteiger partial charge in [0.2, 0.25) is 0 Å². The zero-order valence-corrected chi connectivity index (χ0v) is 26.4. The topological polar surface area (TPSA) is 86.0 Å². The lowest BCUT2D eigenvalue weighted by molar-refractivity contribution is -0.140. The van der Waals surface area contributed by atoms with Crippen LogP contribution in [0.1, 0.15) is 84.0 Å². The fraction of sp³-hybridized carbons (Fsp3) is 0.794. The summed E-state index contributed by atoms with van der Waals surface area (Å²) in [6, 6.07) is 0.513. The first-order valence-electron chi connectivity index (χ1n) is 16.6. The average molecular weight is 590 g/mol. The van der Waals surface area contributed by atoms with Crippen LogP contribution < -0.4 is 11.1 Å². The first kappa shape index (κ1) is 33.2. The van der Waals surface area contributed by atoms with E-state index in [2.05, 4.69) is 29.3 Å². The third-order valence-electron chi connectivity index (χ3n) is 9.81. The van der Waals surface area contributed by atoms with Gasteiger partial charge in [0.15, 0.2) is 0 Å². The summed E-state index contributed by atoms with van der Waals surface area (Å²) in [6.45, 7) is 7.44. The zero-order valence-electron chi connectivity index (χ0n) is 26.4. The molecule has 4 atom stereocenters. The number of halogens is 1. The molecule has 1 saturated carbocycles. The van der Waals surface area contributed by atoms with Crippen LogP contribution in [0.25, 0.3) is 0 Å². The molecular weight excluding hydrogens is 533 g/mol. The van der Waals surface area contributed by atoms with E-state index in [4.69, 9.17) is 19.9 Å². The van der Waals surface area contributed by atoms with Gasteiger partial charge in [-0.3, -0.25) is 4.79 Å². The number of nitrogens with zero attached hydrogens (tertiary/aromatic N) is 1. The number of nitrogens with two attached hydrogens (primary N) is 1. The third kappa shape index (κ3) is 9.90. The van der Waals surface area contributed by atoms with Crippen molar-refractivity contribution < 1.29 is 23.4 Å². The van der Waals surface area contributed by atoms with Crippen LogP contribution in [0.4, 0.5) is 4.39 Å². The van der Waals surface area contributed by atoms with Gasteiger partial charge in [0, 0.05) is 44.3 Å². The predicted molar refractivity (Wildman–Crippen MR) is 166 cm³/mol. The minimum Gasteiger partial charge on any atom is -0.469 e. The highest BCUT2D eigenvalue weighted by atomic mass is 19.1. The third-order valence-corrected chi connectivity index (χ3v) is 9.81. The van der Waals surface area contributed by atoms with E-state index in [1.165, 1.54) is 43.1 Å². The highest BCUT2D eigenvalue weighted by Crippen LogP contribution is 2.50. The van der Waals surface area contributed by atoms with Crippen molar-refractivity contribution in [1.82, 2.24) is 10.2 Å². The van der Waals surface area contributed by atoms with E-state index in [1.54, 1.807) is 7.11 Å². The van der Waals surface area contributed by atoms with Crippen molar-refractivity contribution in [1.29, 1.82) is 0 Å². The Balaban J connectivity index is 1.26. The number of rotatable bonds is 16. The molecule has 1 aliphatic heterocycles. The molecule has 7 nitrogen and oxygen atoms in total. The second kappa shape index (κ2) is 16.9. The Morgan fingerprint density at radius 3 is 2.55 bits per heavy atom. The van der Waals surface area contributed by atoms with Crippen molar-refractivity contribution in [3.63, 3.8) is 0 Å². The maximum absolute atomic E-state index is 13.9. The number of methoxy groups -OCH3 is 2. The van der Waals surface area contributed by atoms with Crippen LogP contribution >= 0.6 is 0 Å². The van der Waals surface area contributed by atoms with Crippen molar-refractivity contribution in [2.75, 3.05) is 53.6 Å². The lowest BCUT2D eigenvalue weighted by Gasteiger charge is -2.41. The minimum atomic E-state index is -0.671. The van der Waals surface area contributed by atoms with Gasteiger partial charge >= 0.3 is 5.97 Å². The van der Waals surface area contributed by atoms with E-state index < -0.39 is 6.17 Å². The summed E-state index contributed by atoms with van der Waals surface area (Å²) in [5, 5.41) is 3.77. The van der Waals surface area contributed by atoms with Gasteiger partial charge in [0.05, 0.1) is 19.8 Å². The molecule has 3 aliphatic carbocycles. The number of alkyl halides is 1. The molecule has 0 aromatic rings. The highest BCUT2D eigenvalue weighted by Gasteiger charge is 2.42. The summed E-state index contributed by atoms with van der Waals surface area (Å²) in [4.78, 5) is 14.2. The summed E-state index contributed by atoms with van der Waals surface area (Å²) in [5.74, 6) is 1.76. The Morgan fingerprint density at radius 1 is 1.12 bits per heavy atom. The summed E-state index contributed by atoms with van der Waals surface area (Å²) >= 11 is 0. The molecule has 0 aromatic heterocycles. The number of allylic oxidation sites excluding steroid dienone is 3. The van der Waals surface area contributed by atoms with Crippen molar-refractivity contribution >= 4 is 5.97 Å². The standard InChI is InChI=1S/C34H56FN3O4/c1-4-42-33-21-31(25-10-12-28(35)13-11-25)30(24-8-9-24)20-27(33)22-38-18-15-29(16-19-38)37-17-14-26(32(36)23-40-2)6-5-7-34(39)41-3/h10,21,24,27-30,33,37H,4-9,11-20,22-23,36H2,1-3H3/b32-26+/t27-,28-,30+,33?/m0/s1. The molecular formula is C34H56FN3O4. The van der Waals surface area contributed by atoms with E-state index in [0.717, 1.165) is 82.9 Å². The van der Waals surface area contributed by atoms with Gasteiger partial charge in [-0.15, -0.1) is 0 Å². The van der Waals surface area contributed by atoms with Crippen LogP contribution in [0.3, 0.4) is 0 Å². The average Bonchev–Trinajstić information content (AvgIpc) is 3.84. The molecule has 0 spiro atoms. The lowest BCUT2D eigenvalue weighted by Crippen LogP contribution is -2.46. The summed E-state index contributed by atoms with van der Waals surface area (Å²) in [5.41, 5.74) is 11.2. The minimum absolute atomic E-state index is 0.154. The highest BCUT2D eigenvalue weighted by molar-refractivity contribution is 5.69. The Morgan fingerprint density at radius 2 is 1.90 bits per heavy atom. The molecule has 3 N–H and O–H groups in total. The van der Waals surface area contributed by atoms with Gasteiger partial charge in [-0.1, -0.05) is 12.2 Å². The molecule has 0 aromatic carbocycles. The Hall–Kier alpha value is -1.74. The second-order valence-corrected chi connectivity index (χ2v) is 12.9. The molecule has 2 fully saturated rings. The van der Waals surface area contributed by atoms with Crippen molar-refractivity contribution in [2.24, 2.45) is 23.5 Å². The molecule has 1 heterocycles. The number of ether oxygens (including phenoxy) is 3. The molecule has 1 unspecified atom stereocenters. The SMILES string of the molecule is CCOC1C=C(C2=CC[C@H](F)CC2)[C@@H](C2CC2)C[C@H]1CN1CCC(NCC/C(CCCC(=O)OC)=C(/N)COC)CC1. The van der Waals surface area contributed by atoms with E-state index in [-0.39, 0.29) is 12.1 Å². The molecule has 0 bridgehead atoms. The number of carbonyl (C=O) groups is 1. The van der Waals surface area contributed by atoms with Crippen LogP contribution in [0.5, 0.6) is 0 Å². The quantitative estimate of drug-likeness (QED) is 0.231. The van der Waals surface area contributed by atoms with E-state index >= 15 is 0 Å². The van der Waals surface area contributed by atoms with Gasteiger partial charge in [0.1, 0.15) is 6.17 Å². The summed E-state index contributed by atoms with van der Waals surface area (Å²) in [6.07, 6.45) is 15.2. The molecule has 0 radical (unpaired) electrons. The van der Waals surface area contributed by atoms with Crippen LogP contribution in [0.15, 0.2) is 34.6 Å². The smallest absolute Gasteiger partial charge is 0.305 e. The van der Waals surface area contributed by atoms with Gasteiger partial charge in [0.25, 0.3) is 0 Å². The van der Waals surface area contributed by atoms with Crippen molar-refractivity contribution in [3.8, 4) is 0 Å². The van der Waals surface area contributed by atoms with Crippen LogP contribution in [-0.4, -0.2) is 82.8 Å². The van der Waals surface area contributed by atoms with Crippen molar-refractivity contribution in [3.05, 3.63) is 34.6 Å². The Labute approximate surface area is 253 Å². The van der Waals surface area contributed by atoms with Crippen molar-refractivity contribution in [2.45, 2.75) is 102 Å². The molecule has 42 heavy (non-hydrogen) atoms. The number of hydrogen-bond donors (Lipinski definition) is 2. The Bertz CT molecular complexity index is 954. The predicted octanol–water partition coefficient (Wildman–Crippen LogP) is 5.46. The molecule has 238 valence electrons. The number of nitrogens with one attached hydrogen (secondary N) is 1. The van der Waals surface area contributed by atoms with Gasteiger partial charge in [-0.05, 0) is 126 Å². The van der Waals surface area contributed by atoms with E-state index in [1.807, 2.05) is 0 Å². The van der Waals surface area contributed by atoms with E-state index in [9.17, 15) is 9.18 Å². The maximum atomic E-state index is 13.9. The number of esters is 1. The number of hydrogen-bond acceptors (Lipinski definition) is 7. The Kier molecular flexibility index (Phi) is 13.4. The summed E-state index contributed by atoms with van der Waals surface area (Å²) in [7, 11) is 3.09. The molecule has 4 rings (SSSR count). The molecule has 4 aliphatic rings. The molecule has 0 amide bonds. The van der Waals surface area contributed by atoms with Crippen LogP contribution in [0.2, 0.25) is 0 Å².